The number of carbonyl (C=O) groups is 2. The van der Waals surface area contributed by atoms with Gasteiger partial charge < -0.3 is 14.7 Å². The number of aromatic nitrogens is 2. The van der Waals surface area contributed by atoms with Gasteiger partial charge in [-0.2, -0.15) is 4.98 Å². The van der Waals surface area contributed by atoms with Crippen LogP contribution in [0.15, 0.2) is 4.52 Å². The van der Waals surface area contributed by atoms with Gasteiger partial charge in [0.2, 0.25) is 17.7 Å². The van der Waals surface area contributed by atoms with Gasteiger partial charge >= 0.3 is 0 Å². The highest BCUT2D eigenvalue weighted by Crippen LogP contribution is 2.33. The molecule has 0 radical (unpaired) electrons. The van der Waals surface area contributed by atoms with Gasteiger partial charge in [-0.3, -0.25) is 9.59 Å². The van der Waals surface area contributed by atoms with E-state index in [1.165, 1.54) is 0 Å². The molecule has 1 unspecified atom stereocenters. The van der Waals surface area contributed by atoms with Crippen molar-refractivity contribution in [1.82, 2.24) is 20.4 Å². The molecule has 2 aliphatic rings. The zero-order valence-corrected chi connectivity index (χ0v) is 12.4. The normalized spacial score (nSPS) is 25.2. The number of nitrogens with one attached hydrogen (secondary N) is 1. The molecule has 3 rings (SSSR count). The van der Waals surface area contributed by atoms with Crippen molar-refractivity contribution in [2.75, 3.05) is 0 Å². The first kappa shape index (κ1) is 14.0. The molecule has 7 nitrogen and oxygen atoms in total. The van der Waals surface area contributed by atoms with Crippen LogP contribution >= 0.6 is 0 Å². The molecule has 1 aromatic heterocycles. The van der Waals surface area contributed by atoms with Crippen molar-refractivity contribution in [3.63, 3.8) is 0 Å². The van der Waals surface area contributed by atoms with Gasteiger partial charge in [0.15, 0.2) is 5.82 Å². The van der Waals surface area contributed by atoms with Gasteiger partial charge in [0.25, 0.3) is 0 Å². The van der Waals surface area contributed by atoms with Gasteiger partial charge in [0.05, 0.1) is 6.54 Å². The van der Waals surface area contributed by atoms with Crippen LogP contribution < -0.4 is 5.32 Å². The van der Waals surface area contributed by atoms with E-state index in [0.717, 1.165) is 19.3 Å². The van der Waals surface area contributed by atoms with Crippen molar-refractivity contribution in [2.45, 2.75) is 64.1 Å². The molecule has 1 aliphatic carbocycles. The van der Waals surface area contributed by atoms with E-state index in [1.54, 1.807) is 18.7 Å². The molecule has 2 fully saturated rings. The van der Waals surface area contributed by atoms with E-state index >= 15 is 0 Å². The van der Waals surface area contributed by atoms with Crippen molar-refractivity contribution in [1.29, 1.82) is 0 Å². The predicted octanol–water partition coefficient (Wildman–Crippen LogP) is 0.928. The molecule has 1 spiro atoms. The standard InChI is InChI=1S/C14H20N4O3/c1-9-12(19)16-14(6-4-3-5-7-14)13(20)18(9)8-11-15-10(2)21-17-11/h9H,3-8H2,1-2H3,(H,16,19). The SMILES string of the molecule is Cc1nc(CN2C(=O)C3(CCCCC3)NC(=O)C2C)no1. The second-order valence-corrected chi connectivity index (χ2v) is 5.97. The highest BCUT2D eigenvalue weighted by atomic mass is 16.5. The number of piperazine rings is 1. The van der Waals surface area contributed by atoms with Crippen molar-refractivity contribution in [3.8, 4) is 0 Å². The molecule has 1 aromatic rings. The quantitative estimate of drug-likeness (QED) is 0.876. The number of nitrogens with zero attached hydrogens (tertiary/aromatic N) is 3. The van der Waals surface area contributed by atoms with Crippen LogP contribution in [-0.2, 0) is 16.1 Å². The van der Waals surface area contributed by atoms with Gasteiger partial charge in [-0.25, -0.2) is 0 Å². The minimum Gasteiger partial charge on any atom is -0.340 e. The molecule has 1 aliphatic heterocycles. The van der Waals surface area contributed by atoms with Crippen LogP contribution in [0.4, 0.5) is 0 Å². The summed E-state index contributed by atoms with van der Waals surface area (Å²) in [7, 11) is 0. The van der Waals surface area contributed by atoms with Crippen LogP contribution in [0.25, 0.3) is 0 Å². The Hall–Kier alpha value is -1.92. The monoisotopic (exact) mass is 292 g/mol. The maximum Gasteiger partial charge on any atom is 0.249 e. The summed E-state index contributed by atoms with van der Waals surface area (Å²) in [6.07, 6.45) is 4.48. The molecule has 0 aromatic carbocycles. The number of aryl methyl sites for hydroxylation is 1. The van der Waals surface area contributed by atoms with E-state index in [2.05, 4.69) is 15.5 Å². The highest BCUT2D eigenvalue weighted by molar-refractivity contribution is 5.99. The van der Waals surface area contributed by atoms with Crippen LogP contribution in [0.1, 0.15) is 50.7 Å². The number of rotatable bonds is 2. The third kappa shape index (κ3) is 2.41. The Morgan fingerprint density at radius 1 is 1.33 bits per heavy atom. The maximum atomic E-state index is 12.9. The van der Waals surface area contributed by atoms with Gasteiger partial charge in [-0.1, -0.05) is 24.4 Å². The lowest BCUT2D eigenvalue weighted by Crippen LogP contribution is -2.69. The van der Waals surface area contributed by atoms with Crippen LogP contribution in [0.5, 0.6) is 0 Å². The summed E-state index contributed by atoms with van der Waals surface area (Å²) in [5, 5.41) is 6.78. The smallest absolute Gasteiger partial charge is 0.249 e. The summed E-state index contributed by atoms with van der Waals surface area (Å²) < 4.78 is 4.94. The van der Waals surface area contributed by atoms with Gasteiger partial charge in [0, 0.05) is 6.92 Å². The Bertz CT molecular complexity index is 562. The average molecular weight is 292 g/mol. The molecule has 0 bridgehead atoms. The largest absolute Gasteiger partial charge is 0.340 e. The van der Waals surface area contributed by atoms with Crippen LogP contribution in [0.3, 0.4) is 0 Å². The zero-order valence-electron chi connectivity index (χ0n) is 12.4. The van der Waals surface area contributed by atoms with E-state index in [0.29, 0.717) is 24.6 Å². The molecule has 1 N–H and O–H groups in total. The zero-order chi connectivity index (χ0) is 15.0. The second kappa shape index (κ2) is 5.13. The summed E-state index contributed by atoms with van der Waals surface area (Å²) in [5.41, 5.74) is -0.722. The average Bonchev–Trinajstić information content (AvgIpc) is 2.88. The topological polar surface area (TPSA) is 88.3 Å². The first-order valence-electron chi connectivity index (χ1n) is 7.44. The molecular formula is C14H20N4O3. The number of amides is 2. The molecular weight excluding hydrogens is 272 g/mol. The van der Waals surface area contributed by atoms with Crippen molar-refractivity contribution >= 4 is 11.8 Å². The molecule has 7 heteroatoms. The lowest BCUT2D eigenvalue weighted by molar-refractivity contribution is -0.156. The summed E-state index contributed by atoms with van der Waals surface area (Å²) >= 11 is 0. The fourth-order valence-electron chi connectivity index (χ4n) is 3.25. The lowest BCUT2D eigenvalue weighted by Gasteiger charge is -2.46. The molecule has 2 heterocycles. The number of carbonyl (C=O) groups excluding carboxylic acids is 2. The van der Waals surface area contributed by atoms with E-state index in [-0.39, 0.29) is 18.4 Å². The van der Waals surface area contributed by atoms with Crippen LogP contribution in [0.2, 0.25) is 0 Å². The third-order valence-electron chi connectivity index (χ3n) is 4.47. The lowest BCUT2D eigenvalue weighted by atomic mass is 9.78. The molecule has 1 saturated heterocycles. The van der Waals surface area contributed by atoms with Crippen molar-refractivity contribution in [3.05, 3.63) is 11.7 Å². The predicted molar refractivity (Wildman–Crippen MR) is 73.0 cm³/mol. The number of hydrogen-bond acceptors (Lipinski definition) is 5. The number of hydrogen-bond donors (Lipinski definition) is 1. The summed E-state index contributed by atoms with van der Waals surface area (Å²) in [6, 6.07) is -0.510. The molecule has 1 atom stereocenters. The van der Waals surface area contributed by atoms with Crippen LogP contribution in [-0.4, -0.2) is 38.4 Å². The first-order valence-corrected chi connectivity index (χ1v) is 7.44. The fraction of sp³-hybridized carbons (Fsp3) is 0.714. The Morgan fingerprint density at radius 2 is 2.05 bits per heavy atom. The molecule has 2 amide bonds. The maximum absolute atomic E-state index is 12.9. The Labute approximate surface area is 123 Å². The molecule has 21 heavy (non-hydrogen) atoms. The van der Waals surface area contributed by atoms with Gasteiger partial charge in [-0.15, -0.1) is 0 Å². The summed E-state index contributed by atoms with van der Waals surface area (Å²) in [4.78, 5) is 30.9. The van der Waals surface area contributed by atoms with Crippen LogP contribution in [0, 0.1) is 6.92 Å². The van der Waals surface area contributed by atoms with Crippen molar-refractivity contribution in [2.24, 2.45) is 0 Å². The molecule has 1 saturated carbocycles. The minimum absolute atomic E-state index is 0.0169. The molecule has 114 valence electrons. The highest BCUT2D eigenvalue weighted by Gasteiger charge is 2.49. The summed E-state index contributed by atoms with van der Waals surface area (Å²) in [6.45, 7) is 3.65. The second-order valence-electron chi connectivity index (χ2n) is 5.97. The van der Waals surface area contributed by atoms with Gasteiger partial charge in [0.1, 0.15) is 11.6 Å². The van der Waals surface area contributed by atoms with E-state index in [1.807, 2.05) is 0 Å². The fourth-order valence-corrected chi connectivity index (χ4v) is 3.25. The Kier molecular flexibility index (Phi) is 3.43. The Balaban J connectivity index is 1.86. The third-order valence-corrected chi connectivity index (χ3v) is 4.47. The van der Waals surface area contributed by atoms with E-state index in [9.17, 15) is 9.59 Å². The minimum atomic E-state index is -0.722. The Morgan fingerprint density at radius 3 is 2.67 bits per heavy atom. The first-order chi connectivity index (χ1) is 10.0. The van der Waals surface area contributed by atoms with E-state index in [4.69, 9.17) is 4.52 Å². The van der Waals surface area contributed by atoms with Crippen molar-refractivity contribution < 1.29 is 14.1 Å². The van der Waals surface area contributed by atoms with Gasteiger partial charge in [-0.05, 0) is 19.8 Å². The summed E-state index contributed by atoms with van der Waals surface area (Å²) in [5.74, 6) is 0.778. The van der Waals surface area contributed by atoms with E-state index < -0.39 is 11.6 Å².